The number of rotatable bonds is 0. The van der Waals surface area contributed by atoms with E-state index < -0.39 is 0 Å². The van der Waals surface area contributed by atoms with Gasteiger partial charge in [-0.25, -0.2) is 0 Å². The summed E-state index contributed by atoms with van der Waals surface area (Å²) in [7, 11) is 0. The van der Waals surface area contributed by atoms with Gasteiger partial charge in [0.15, 0.2) is 0 Å². The molecular weight excluding hydrogens is 384 g/mol. The molecule has 0 amide bonds. The second-order valence-corrected chi connectivity index (χ2v) is 10.1. The van der Waals surface area contributed by atoms with Gasteiger partial charge in [0.2, 0.25) is 0 Å². The first-order chi connectivity index (χ1) is 13.4. The Morgan fingerprint density at radius 3 is 1.30 bits per heavy atom. The summed E-state index contributed by atoms with van der Waals surface area (Å²) in [6.07, 6.45) is 0. The van der Waals surface area contributed by atoms with Gasteiger partial charge < -0.3 is 0 Å². The van der Waals surface area contributed by atoms with Crippen LogP contribution < -0.4 is 0 Å². The van der Waals surface area contributed by atoms with Crippen LogP contribution in [-0.2, 0) is 0 Å². The van der Waals surface area contributed by atoms with Crippen molar-refractivity contribution in [3.63, 3.8) is 0 Å². The summed E-state index contributed by atoms with van der Waals surface area (Å²) in [5.41, 5.74) is 0. The zero-order valence-corrected chi connectivity index (χ0v) is 16.6. The van der Waals surface area contributed by atoms with Crippen molar-refractivity contribution in [2.75, 3.05) is 0 Å². The lowest BCUT2D eigenvalue weighted by Gasteiger charge is -2.00. The predicted molar refractivity (Wildman–Crippen MR) is 125 cm³/mol. The molecule has 0 fully saturated rings. The van der Waals surface area contributed by atoms with Gasteiger partial charge in [-0.3, -0.25) is 0 Å². The van der Waals surface area contributed by atoms with Crippen LogP contribution >= 0.6 is 34.0 Å². The Hall–Kier alpha value is -2.46. The lowest BCUT2D eigenvalue weighted by Crippen LogP contribution is -1.73. The summed E-state index contributed by atoms with van der Waals surface area (Å²) in [4.78, 5) is 0. The maximum absolute atomic E-state index is 2.29. The molecule has 0 spiro atoms. The Morgan fingerprint density at radius 2 is 0.741 bits per heavy atom. The van der Waals surface area contributed by atoms with Crippen molar-refractivity contribution in [1.82, 2.24) is 0 Å². The molecule has 0 nitrogen and oxygen atoms in total. The van der Waals surface area contributed by atoms with Crippen molar-refractivity contribution >= 4 is 94.5 Å². The standard InChI is InChI=1S/C24H12S3/c1-4-10-16-13(7-1)19-20-14-8-2-5-11-17(14)26-23(20)24-21(22(19)25-16)15-9-3-6-12-18(15)27-24/h1-12H. The molecule has 0 aliphatic carbocycles. The molecule has 7 aromatic rings. The fourth-order valence-corrected chi connectivity index (χ4v) is 8.25. The van der Waals surface area contributed by atoms with Crippen LogP contribution in [-0.4, -0.2) is 0 Å². The quantitative estimate of drug-likeness (QED) is 0.240. The maximum Gasteiger partial charge on any atom is 0.0548 e. The van der Waals surface area contributed by atoms with Crippen molar-refractivity contribution < 1.29 is 0 Å². The Morgan fingerprint density at radius 1 is 0.370 bits per heavy atom. The smallest absolute Gasteiger partial charge is 0.0548 e. The van der Waals surface area contributed by atoms with Crippen molar-refractivity contribution in [1.29, 1.82) is 0 Å². The van der Waals surface area contributed by atoms with Gasteiger partial charge in [0.25, 0.3) is 0 Å². The summed E-state index contributed by atoms with van der Waals surface area (Å²) in [5.74, 6) is 0. The van der Waals surface area contributed by atoms with E-state index in [2.05, 4.69) is 72.8 Å². The third kappa shape index (κ3) is 1.77. The van der Waals surface area contributed by atoms with E-state index in [0.717, 1.165) is 0 Å². The molecule has 3 heteroatoms. The topological polar surface area (TPSA) is 0 Å². The molecule has 4 aromatic carbocycles. The van der Waals surface area contributed by atoms with Gasteiger partial charge in [-0.1, -0.05) is 54.6 Å². The predicted octanol–water partition coefficient (Wildman–Crippen LogP) is 8.79. The van der Waals surface area contributed by atoms with E-state index in [9.17, 15) is 0 Å². The highest BCUT2D eigenvalue weighted by molar-refractivity contribution is 7.35. The molecule has 0 aliphatic heterocycles. The fraction of sp³-hybridized carbons (Fsp3) is 0. The first kappa shape index (κ1) is 14.6. The zero-order valence-electron chi connectivity index (χ0n) is 14.2. The minimum atomic E-state index is 1.38. The third-order valence-electron chi connectivity index (χ3n) is 5.47. The van der Waals surface area contributed by atoms with E-state index >= 15 is 0 Å². The van der Waals surface area contributed by atoms with E-state index in [1.807, 2.05) is 34.0 Å². The van der Waals surface area contributed by atoms with Crippen LogP contribution in [0.3, 0.4) is 0 Å². The number of fused-ring (bicyclic) bond motifs is 12. The second kappa shape index (κ2) is 5.08. The van der Waals surface area contributed by atoms with Gasteiger partial charge in [-0.2, -0.15) is 0 Å². The van der Waals surface area contributed by atoms with Crippen LogP contribution in [0, 0.1) is 0 Å². The van der Waals surface area contributed by atoms with Crippen molar-refractivity contribution in [3.05, 3.63) is 72.8 Å². The summed E-state index contributed by atoms with van der Waals surface area (Å²) < 4.78 is 8.49. The van der Waals surface area contributed by atoms with Crippen molar-refractivity contribution in [2.24, 2.45) is 0 Å². The van der Waals surface area contributed by atoms with Crippen molar-refractivity contribution in [2.45, 2.75) is 0 Å². The number of benzene rings is 4. The van der Waals surface area contributed by atoms with E-state index in [1.165, 1.54) is 60.5 Å². The molecule has 7 rings (SSSR count). The molecular formula is C24H12S3. The highest BCUT2D eigenvalue weighted by Crippen LogP contribution is 2.52. The number of thiophene rings is 3. The van der Waals surface area contributed by atoms with E-state index in [1.54, 1.807) is 0 Å². The summed E-state index contributed by atoms with van der Waals surface area (Å²) >= 11 is 5.85. The summed E-state index contributed by atoms with van der Waals surface area (Å²) in [5, 5.41) is 8.52. The van der Waals surface area contributed by atoms with Crippen LogP contribution in [0.2, 0.25) is 0 Å². The average molecular weight is 397 g/mol. The van der Waals surface area contributed by atoms with E-state index in [0.29, 0.717) is 0 Å². The maximum atomic E-state index is 2.29. The molecule has 3 heterocycles. The number of hydrogen-bond acceptors (Lipinski definition) is 3. The molecule has 0 bridgehead atoms. The minimum absolute atomic E-state index is 1.38. The minimum Gasteiger partial charge on any atom is -0.134 e. The van der Waals surface area contributed by atoms with E-state index in [-0.39, 0.29) is 0 Å². The molecule has 0 unspecified atom stereocenters. The van der Waals surface area contributed by atoms with E-state index in [4.69, 9.17) is 0 Å². The first-order valence-electron chi connectivity index (χ1n) is 8.96. The molecule has 0 atom stereocenters. The van der Waals surface area contributed by atoms with Gasteiger partial charge in [0.05, 0.1) is 9.40 Å². The van der Waals surface area contributed by atoms with Crippen LogP contribution in [0.15, 0.2) is 72.8 Å². The Labute approximate surface area is 166 Å². The van der Waals surface area contributed by atoms with Crippen LogP contribution in [0.25, 0.3) is 60.5 Å². The Kier molecular flexibility index (Phi) is 2.74. The lowest BCUT2D eigenvalue weighted by molar-refractivity contribution is 1.86. The summed E-state index contributed by atoms with van der Waals surface area (Å²) in [6, 6.07) is 26.6. The average Bonchev–Trinajstić information content (AvgIpc) is 3.38. The Bertz CT molecular complexity index is 1670. The Balaban J connectivity index is 1.96. The van der Waals surface area contributed by atoms with Crippen molar-refractivity contribution in [3.8, 4) is 0 Å². The van der Waals surface area contributed by atoms with Crippen LogP contribution in [0.5, 0.6) is 0 Å². The van der Waals surface area contributed by atoms with Gasteiger partial charge in [-0.05, 0) is 18.2 Å². The molecule has 3 aromatic heterocycles. The monoisotopic (exact) mass is 396 g/mol. The van der Waals surface area contributed by atoms with Gasteiger partial charge in [-0.15, -0.1) is 34.0 Å². The molecule has 0 saturated heterocycles. The molecule has 27 heavy (non-hydrogen) atoms. The third-order valence-corrected chi connectivity index (χ3v) is 9.16. The second-order valence-electron chi connectivity index (χ2n) is 6.91. The lowest BCUT2D eigenvalue weighted by atomic mass is 10.0. The number of hydrogen-bond donors (Lipinski definition) is 0. The molecule has 0 aliphatic rings. The van der Waals surface area contributed by atoms with Gasteiger partial charge in [0, 0.05) is 51.1 Å². The van der Waals surface area contributed by atoms with Crippen LogP contribution in [0.4, 0.5) is 0 Å². The van der Waals surface area contributed by atoms with Gasteiger partial charge >= 0.3 is 0 Å². The summed E-state index contributed by atoms with van der Waals surface area (Å²) in [6.45, 7) is 0. The zero-order chi connectivity index (χ0) is 17.5. The molecule has 126 valence electrons. The first-order valence-corrected chi connectivity index (χ1v) is 11.4. The van der Waals surface area contributed by atoms with Gasteiger partial charge in [0.1, 0.15) is 0 Å². The molecule has 0 radical (unpaired) electrons. The highest BCUT2D eigenvalue weighted by atomic mass is 32.1. The molecule has 0 N–H and O–H groups in total. The van der Waals surface area contributed by atoms with Crippen LogP contribution in [0.1, 0.15) is 0 Å². The fourth-order valence-electron chi connectivity index (χ4n) is 4.35. The highest BCUT2D eigenvalue weighted by Gasteiger charge is 2.20. The largest absolute Gasteiger partial charge is 0.134 e. The molecule has 0 saturated carbocycles. The normalized spacial score (nSPS) is 12.4. The SMILES string of the molecule is c1ccc2c(c1)sc1c3sc4ccccc4c3c3c4ccccc4sc3c21.